The van der Waals surface area contributed by atoms with Gasteiger partial charge in [0.05, 0.1) is 21.8 Å². The molecule has 0 amide bonds. The van der Waals surface area contributed by atoms with E-state index in [0.29, 0.717) is 0 Å². The van der Waals surface area contributed by atoms with Gasteiger partial charge >= 0.3 is 0 Å². The molecule has 0 heterocycles. The first-order valence-corrected chi connectivity index (χ1v) is 9.09. The van der Waals surface area contributed by atoms with Crippen LogP contribution in [0.25, 0.3) is 0 Å². The zero-order valence-corrected chi connectivity index (χ0v) is 15.1. The molecule has 0 spiro atoms. The van der Waals surface area contributed by atoms with Crippen LogP contribution in [0.5, 0.6) is 0 Å². The number of hydrogen-bond acceptors (Lipinski definition) is 1. The molecule has 3 atom stereocenters. The van der Waals surface area contributed by atoms with Crippen molar-refractivity contribution in [3.8, 4) is 0 Å². The fourth-order valence-electron chi connectivity index (χ4n) is 2.45. The summed E-state index contributed by atoms with van der Waals surface area (Å²) in [6, 6.07) is 16.0. The summed E-state index contributed by atoms with van der Waals surface area (Å²) in [6.07, 6.45) is 1.84. The van der Waals surface area contributed by atoms with Gasteiger partial charge < -0.3 is 0 Å². The Balaban J connectivity index is 2.43. The Morgan fingerprint density at radius 3 is 2.12 bits per heavy atom. The molecule has 0 aliphatic rings. The molecule has 2 rings (SSSR count). The predicted octanol–water partition coefficient (Wildman–Crippen LogP) is 4.89. The minimum absolute atomic E-state index is 0.0806. The fraction of sp³-hybridized carbons (Fsp3) is 0.300. The second kappa shape index (κ2) is 7.86. The molecule has 128 valence electrons. The second-order valence-electron chi connectivity index (χ2n) is 6.70. The van der Waals surface area contributed by atoms with Gasteiger partial charge in [0, 0.05) is 5.92 Å². The Hall–Kier alpha value is -1.78. The van der Waals surface area contributed by atoms with E-state index in [9.17, 15) is 8.60 Å². The standard InChI is InChI=1S/C20H24FNOS/c1-5-18(15-9-7-6-8-10-15)19(22-24(23)20(2,3)4)16-11-13-17(21)14-12-16/h5-14,18-19,22H,1H2,2-4H3/t18-,19+,24?/m0/s1. The lowest BCUT2D eigenvalue weighted by Gasteiger charge is -2.29. The third-order valence-electron chi connectivity index (χ3n) is 3.82. The van der Waals surface area contributed by atoms with Crippen molar-refractivity contribution in [2.75, 3.05) is 0 Å². The first-order chi connectivity index (χ1) is 11.3. The zero-order chi connectivity index (χ0) is 17.7. The lowest BCUT2D eigenvalue weighted by Crippen LogP contribution is -2.37. The number of nitrogens with one attached hydrogen (secondary N) is 1. The van der Waals surface area contributed by atoms with Gasteiger partial charge in [-0.05, 0) is 44.0 Å². The molecule has 2 aromatic rings. The highest BCUT2D eigenvalue weighted by molar-refractivity contribution is 7.84. The molecule has 0 bridgehead atoms. The molecule has 2 nitrogen and oxygen atoms in total. The lowest BCUT2D eigenvalue weighted by molar-refractivity contribution is 0.563. The van der Waals surface area contributed by atoms with Crippen LogP contribution < -0.4 is 4.72 Å². The zero-order valence-electron chi connectivity index (χ0n) is 14.3. The van der Waals surface area contributed by atoms with Gasteiger partial charge in [0.25, 0.3) is 0 Å². The highest BCUT2D eigenvalue weighted by atomic mass is 32.2. The summed E-state index contributed by atoms with van der Waals surface area (Å²) in [5, 5.41) is 0. The molecule has 0 aliphatic carbocycles. The van der Waals surface area contributed by atoms with E-state index in [0.717, 1.165) is 11.1 Å². The van der Waals surface area contributed by atoms with Crippen molar-refractivity contribution >= 4 is 11.0 Å². The van der Waals surface area contributed by atoms with E-state index < -0.39 is 15.7 Å². The van der Waals surface area contributed by atoms with E-state index in [1.165, 1.54) is 12.1 Å². The number of hydrogen-bond donors (Lipinski definition) is 1. The summed E-state index contributed by atoms with van der Waals surface area (Å²) in [4.78, 5) is 0. The molecular weight excluding hydrogens is 321 g/mol. The van der Waals surface area contributed by atoms with Crippen LogP contribution in [-0.4, -0.2) is 8.96 Å². The van der Waals surface area contributed by atoms with Gasteiger partial charge in [-0.15, -0.1) is 6.58 Å². The van der Waals surface area contributed by atoms with Crippen LogP contribution in [0.3, 0.4) is 0 Å². The van der Waals surface area contributed by atoms with Crippen LogP contribution in [0.15, 0.2) is 67.3 Å². The lowest BCUT2D eigenvalue weighted by atomic mass is 9.88. The monoisotopic (exact) mass is 345 g/mol. The maximum Gasteiger partial charge on any atom is 0.123 e. The smallest absolute Gasteiger partial charge is 0.123 e. The third kappa shape index (κ3) is 4.62. The summed E-state index contributed by atoms with van der Waals surface area (Å²) in [6.45, 7) is 9.72. The van der Waals surface area contributed by atoms with Crippen LogP contribution in [0.2, 0.25) is 0 Å². The minimum Gasteiger partial charge on any atom is -0.242 e. The van der Waals surface area contributed by atoms with Crippen LogP contribution in [0.1, 0.15) is 43.9 Å². The maximum absolute atomic E-state index is 13.3. The van der Waals surface area contributed by atoms with Crippen molar-refractivity contribution in [2.24, 2.45) is 0 Å². The quantitative estimate of drug-likeness (QED) is 0.742. The van der Waals surface area contributed by atoms with E-state index in [2.05, 4.69) is 11.3 Å². The molecule has 0 fully saturated rings. The SMILES string of the molecule is C=C[C@@H](c1ccccc1)[C@H](NS(=O)C(C)(C)C)c1ccc(F)cc1. The number of halogens is 1. The highest BCUT2D eigenvalue weighted by Gasteiger charge is 2.28. The van der Waals surface area contributed by atoms with Crippen molar-refractivity contribution in [3.63, 3.8) is 0 Å². The van der Waals surface area contributed by atoms with Gasteiger partial charge in [0.1, 0.15) is 5.82 Å². The Kier molecular flexibility index (Phi) is 6.08. The molecule has 24 heavy (non-hydrogen) atoms. The fourth-order valence-corrected chi connectivity index (χ4v) is 3.32. The maximum atomic E-state index is 13.3. The Morgan fingerprint density at radius 1 is 1.04 bits per heavy atom. The summed E-state index contributed by atoms with van der Waals surface area (Å²) in [5.41, 5.74) is 1.95. The topological polar surface area (TPSA) is 29.1 Å². The van der Waals surface area contributed by atoms with Crippen molar-refractivity contribution in [1.82, 2.24) is 4.72 Å². The Morgan fingerprint density at radius 2 is 1.62 bits per heavy atom. The first-order valence-electron chi connectivity index (χ1n) is 7.94. The van der Waals surface area contributed by atoms with Gasteiger partial charge in [0.2, 0.25) is 0 Å². The van der Waals surface area contributed by atoms with Gasteiger partial charge in [-0.3, -0.25) is 0 Å². The van der Waals surface area contributed by atoms with Crippen molar-refractivity contribution in [1.29, 1.82) is 0 Å². The molecular formula is C20H24FNOS. The van der Waals surface area contributed by atoms with E-state index in [1.807, 2.05) is 57.2 Å². The Bertz CT molecular complexity index is 692. The van der Waals surface area contributed by atoms with Gasteiger partial charge in [-0.1, -0.05) is 48.5 Å². The molecule has 0 aromatic heterocycles. The summed E-state index contributed by atoms with van der Waals surface area (Å²) < 4.78 is 28.8. The van der Waals surface area contributed by atoms with E-state index in [4.69, 9.17) is 0 Å². The van der Waals surface area contributed by atoms with Crippen molar-refractivity contribution < 1.29 is 8.60 Å². The van der Waals surface area contributed by atoms with E-state index >= 15 is 0 Å². The van der Waals surface area contributed by atoms with Gasteiger partial charge in [-0.25, -0.2) is 13.3 Å². The van der Waals surface area contributed by atoms with Crippen LogP contribution in [-0.2, 0) is 11.0 Å². The normalized spacial score (nSPS) is 15.5. The molecule has 1 unspecified atom stereocenters. The van der Waals surface area contributed by atoms with Crippen LogP contribution >= 0.6 is 0 Å². The summed E-state index contributed by atoms with van der Waals surface area (Å²) >= 11 is 0. The molecule has 1 N–H and O–H groups in total. The number of rotatable bonds is 6. The van der Waals surface area contributed by atoms with Gasteiger partial charge in [-0.2, -0.15) is 0 Å². The minimum atomic E-state index is -1.26. The first kappa shape index (κ1) is 18.6. The molecule has 0 saturated heterocycles. The van der Waals surface area contributed by atoms with Gasteiger partial charge in [0.15, 0.2) is 0 Å². The molecule has 0 radical (unpaired) electrons. The largest absolute Gasteiger partial charge is 0.242 e. The van der Waals surface area contributed by atoms with Crippen molar-refractivity contribution in [2.45, 2.75) is 37.5 Å². The highest BCUT2D eigenvalue weighted by Crippen LogP contribution is 2.33. The molecule has 0 saturated carbocycles. The van der Waals surface area contributed by atoms with Crippen LogP contribution in [0, 0.1) is 5.82 Å². The predicted molar refractivity (Wildman–Crippen MR) is 99.6 cm³/mol. The van der Waals surface area contributed by atoms with Crippen molar-refractivity contribution in [3.05, 3.63) is 84.2 Å². The third-order valence-corrected chi connectivity index (χ3v) is 5.40. The summed E-state index contributed by atoms with van der Waals surface area (Å²) in [5.74, 6) is -0.368. The Labute approximate surface area is 146 Å². The van der Waals surface area contributed by atoms with E-state index in [1.54, 1.807) is 12.1 Å². The average molecular weight is 345 g/mol. The molecule has 4 heteroatoms. The average Bonchev–Trinajstić information content (AvgIpc) is 2.55. The summed E-state index contributed by atoms with van der Waals surface area (Å²) in [7, 11) is -1.26. The second-order valence-corrected chi connectivity index (χ2v) is 8.70. The number of benzene rings is 2. The van der Waals surface area contributed by atoms with Crippen LogP contribution in [0.4, 0.5) is 4.39 Å². The molecule has 2 aromatic carbocycles. The molecule has 0 aliphatic heterocycles. The van der Waals surface area contributed by atoms with E-state index in [-0.39, 0.29) is 17.8 Å².